The Kier molecular flexibility index (Phi) is 8.07. The van der Waals surface area contributed by atoms with E-state index in [1.165, 1.54) is 0 Å². The lowest BCUT2D eigenvalue weighted by Gasteiger charge is -2.26. The second-order valence-corrected chi connectivity index (χ2v) is 9.75. The van der Waals surface area contributed by atoms with Crippen LogP contribution >= 0.6 is 0 Å². The van der Waals surface area contributed by atoms with E-state index in [0.717, 1.165) is 22.6 Å². The number of para-hydroxylation sites is 2. The molecule has 3 aromatic rings. The quantitative estimate of drug-likeness (QED) is 0.194. The summed E-state index contributed by atoms with van der Waals surface area (Å²) in [5.41, 5.74) is 4.70. The Morgan fingerprint density at radius 1 is 0.816 bits per heavy atom. The molecule has 0 amide bonds. The molecular weight excluding hydrogens is 466 g/mol. The molecule has 0 saturated carbocycles. The van der Waals surface area contributed by atoms with Gasteiger partial charge in [-0.05, 0) is 65.8 Å². The summed E-state index contributed by atoms with van der Waals surface area (Å²) in [5, 5.41) is 9.32. The van der Waals surface area contributed by atoms with Crippen LogP contribution in [0.15, 0.2) is 138 Å². The van der Waals surface area contributed by atoms with Gasteiger partial charge in [0.05, 0.1) is 12.6 Å². The summed E-state index contributed by atoms with van der Waals surface area (Å²) in [6.07, 6.45) is 11.2. The normalized spacial score (nSPS) is 14.8. The van der Waals surface area contributed by atoms with Gasteiger partial charge in [-0.25, -0.2) is 10.1 Å². The smallest absolute Gasteiger partial charge is 0.269 e. The number of rotatable bonds is 6. The number of benzene rings is 3. The molecule has 0 atom stereocenters. The van der Waals surface area contributed by atoms with Crippen LogP contribution in [0.25, 0.3) is 10.9 Å². The molecule has 1 heterocycles. The van der Waals surface area contributed by atoms with Crippen molar-refractivity contribution in [2.45, 2.75) is 20.8 Å². The molecule has 3 aromatic carbocycles. The van der Waals surface area contributed by atoms with E-state index >= 15 is 0 Å². The molecule has 0 fully saturated rings. The van der Waals surface area contributed by atoms with Crippen molar-refractivity contribution < 1.29 is 4.74 Å². The Bertz CT molecular complexity index is 1450. The van der Waals surface area contributed by atoms with E-state index in [0.29, 0.717) is 17.1 Å². The zero-order valence-electron chi connectivity index (χ0n) is 21.8. The van der Waals surface area contributed by atoms with Gasteiger partial charge in [-0.1, -0.05) is 87.5 Å². The number of anilines is 3. The van der Waals surface area contributed by atoms with E-state index < -0.39 is 0 Å². The SMILES string of the molecule is [C-]#[N+]/C(C#N)=C1C=C(/C=C/C=C/c2ccc(N(c3ccccc3)c3ccccc3)cc2)OC(C(C)(C)C)=C/1. The van der Waals surface area contributed by atoms with Crippen molar-refractivity contribution in [3.8, 4) is 6.07 Å². The number of allylic oxidation sites excluding steroid dienone is 8. The molecule has 0 spiro atoms. The molecule has 4 heteroatoms. The second kappa shape index (κ2) is 11.8. The summed E-state index contributed by atoms with van der Waals surface area (Å²) >= 11 is 0. The third kappa shape index (κ3) is 6.38. The highest BCUT2D eigenvalue weighted by Crippen LogP contribution is 2.35. The van der Waals surface area contributed by atoms with Gasteiger partial charge in [0.15, 0.2) is 0 Å². The van der Waals surface area contributed by atoms with Crippen LogP contribution in [0, 0.1) is 23.3 Å². The summed E-state index contributed by atoms with van der Waals surface area (Å²) in [7, 11) is 0. The van der Waals surface area contributed by atoms with Gasteiger partial charge in [0.25, 0.3) is 5.70 Å². The maximum Gasteiger partial charge on any atom is 0.269 e. The third-order valence-corrected chi connectivity index (χ3v) is 5.88. The number of hydrogen-bond acceptors (Lipinski definition) is 3. The Hall–Kier alpha value is -5.06. The minimum atomic E-state index is -0.258. The summed E-state index contributed by atoms with van der Waals surface area (Å²) in [4.78, 5) is 5.58. The number of hydrogen-bond donors (Lipinski definition) is 0. The van der Waals surface area contributed by atoms with Crippen LogP contribution in [0.5, 0.6) is 0 Å². The van der Waals surface area contributed by atoms with E-state index in [4.69, 9.17) is 11.3 Å². The largest absolute Gasteiger partial charge is 0.461 e. The first kappa shape index (κ1) is 26.0. The molecule has 1 aliphatic rings. The van der Waals surface area contributed by atoms with Crippen LogP contribution in [0.2, 0.25) is 0 Å². The lowest BCUT2D eigenvalue weighted by molar-refractivity contribution is 0.223. The highest BCUT2D eigenvalue weighted by molar-refractivity contribution is 5.76. The van der Waals surface area contributed by atoms with E-state index in [1.807, 2.05) is 87.5 Å². The molecule has 0 bridgehead atoms. The fraction of sp³-hybridized carbons (Fsp3) is 0.118. The van der Waals surface area contributed by atoms with E-state index in [9.17, 15) is 5.26 Å². The van der Waals surface area contributed by atoms with E-state index in [1.54, 1.807) is 12.2 Å². The maximum absolute atomic E-state index is 9.32. The summed E-state index contributed by atoms with van der Waals surface area (Å²) in [6, 6.07) is 31.0. The van der Waals surface area contributed by atoms with Crippen molar-refractivity contribution in [3.63, 3.8) is 0 Å². The van der Waals surface area contributed by atoms with Crippen LogP contribution in [-0.4, -0.2) is 0 Å². The first-order valence-electron chi connectivity index (χ1n) is 12.4. The molecule has 0 aromatic heterocycles. The first-order chi connectivity index (χ1) is 18.4. The van der Waals surface area contributed by atoms with E-state index in [-0.39, 0.29) is 11.1 Å². The highest BCUT2D eigenvalue weighted by atomic mass is 16.5. The number of ether oxygens (including phenoxy) is 1. The van der Waals surface area contributed by atoms with Crippen LogP contribution in [-0.2, 0) is 4.74 Å². The minimum Gasteiger partial charge on any atom is -0.461 e. The molecule has 0 N–H and O–H groups in total. The Morgan fingerprint density at radius 3 is 1.89 bits per heavy atom. The van der Waals surface area contributed by atoms with Crippen LogP contribution in [0.1, 0.15) is 26.3 Å². The molecule has 186 valence electrons. The lowest BCUT2D eigenvalue weighted by atomic mass is 9.91. The van der Waals surface area contributed by atoms with E-state index in [2.05, 4.69) is 58.3 Å². The monoisotopic (exact) mass is 495 g/mol. The Labute approximate surface area is 225 Å². The fourth-order valence-corrected chi connectivity index (χ4v) is 3.92. The van der Waals surface area contributed by atoms with Crippen molar-refractivity contribution in [1.29, 1.82) is 5.26 Å². The summed E-state index contributed by atoms with van der Waals surface area (Å²) < 4.78 is 6.05. The molecule has 0 radical (unpaired) electrons. The second-order valence-electron chi connectivity index (χ2n) is 9.75. The lowest BCUT2D eigenvalue weighted by Crippen LogP contribution is -2.14. The highest BCUT2D eigenvalue weighted by Gasteiger charge is 2.23. The van der Waals surface area contributed by atoms with Gasteiger partial charge in [0.1, 0.15) is 11.5 Å². The molecule has 0 unspecified atom stereocenters. The maximum atomic E-state index is 9.32. The summed E-state index contributed by atoms with van der Waals surface area (Å²) in [5.74, 6) is 1.30. The molecule has 4 nitrogen and oxygen atoms in total. The van der Waals surface area contributed by atoms with Gasteiger partial charge in [-0.3, -0.25) is 0 Å². The van der Waals surface area contributed by atoms with Gasteiger partial charge in [-0.15, -0.1) is 0 Å². The van der Waals surface area contributed by atoms with Gasteiger partial charge < -0.3 is 9.64 Å². The van der Waals surface area contributed by atoms with Crippen molar-refractivity contribution >= 4 is 23.1 Å². The third-order valence-electron chi connectivity index (χ3n) is 5.88. The van der Waals surface area contributed by atoms with Gasteiger partial charge >= 0.3 is 0 Å². The zero-order valence-corrected chi connectivity index (χ0v) is 21.8. The van der Waals surface area contributed by atoms with Crippen LogP contribution in [0.4, 0.5) is 17.1 Å². The van der Waals surface area contributed by atoms with Crippen molar-refractivity contribution in [1.82, 2.24) is 0 Å². The van der Waals surface area contributed by atoms with Crippen molar-refractivity contribution in [2.24, 2.45) is 5.41 Å². The summed E-state index contributed by atoms with van der Waals surface area (Å²) in [6.45, 7) is 13.4. The van der Waals surface area contributed by atoms with Crippen LogP contribution in [0.3, 0.4) is 0 Å². The van der Waals surface area contributed by atoms with Gasteiger partial charge in [0.2, 0.25) is 0 Å². The average molecular weight is 496 g/mol. The number of nitrogens with zero attached hydrogens (tertiary/aromatic N) is 3. The molecule has 38 heavy (non-hydrogen) atoms. The predicted molar refractivity (Wildman–Crippen MR) is 155 cm³/mol. The van der Waals surface area contributed by atoms with Crippen LogP contribution < -0.4 is 4.90 Å². The standard InChI is InChI=1S/C34H29N3O/c1-34(2,3)33-24-27(32(25-35)36-4)23-31(38-33)18-12-11-13-26-19-21-30(22-20-26)37(28-14-7-5-8-15-28)29-16-9-6-10-17-29/h5-24H,1-3H3/b13-11+,18-12+,32-27-. The molecule has 1 aliphatic heterocycles. The minimum absolute atomic E-state index is 0.0524. The predicted octanol–water partition coefficient (Wildman–Crippen LogP) is 9.27. The zero-order chi connectivity index (χ0) is 27.0. The average Bonchev–Trinajstić information content (AvgIpc) is 2.93. The fourth-order valence-electron chi connectivity index (χ4n) is 3.92. The molecule has 0 aliphatic carbocycles. The molecular formula is C34H29N3O. The Morgan fingerprint density at radius 2 is 1.37 bits per heavy atom. The Balaban J connectivity index is 1.53. The van der Waals surface area contributed by atoms with Crippen molar-refractivity contribution in [3.05, 3.63) is 155 Å². The molecule has 4 rings (SSSR count). The number of nitriles is 1. The first-order valence-corrected chi connectivity index (χ1v) is 12.4. The van der Waals surface area contributed by atoms with Gasteiger partial charge in [-0.2, -0.15) is 0 Å². The topological polar surface area (TPSA) is 40.6 Å². The molecule has 0 saturated heterocycles. The van der Waals surface area contributed by atoms with Gasteiger partial charge in [0, 0.05) is 22.5 Å². The van der Waals surface area contributed by atoms with Crippen molar-refractivity contribution in [2.75, 3.05) is 4.90 Å².